The minimum Gasteiger partial charge on any atom is -0.487 e. The SMILES string of the molecule is CC1(C)C[C@@H](NCCc2cn3ccccc3n2)c2ccccc2O1. The Morgan fingerprint density at radius 1 is 1.21 bits per heavy atom. The Kier molecular flexibility index (Phi) is 3.77. The van der Waals surface area contributed by atoms with Crippen LogP contribution in [0.5, 0.6) is 5.75 Å². The summed E-state index contributed by atoms with van der Waals surface area (Å²) >= 11 is 0. The van der Waals surface area contributed by atoms with Crippen LogP contribution in [0, 0.1) is 0 Å². The van der Waals surface area contributed by atoms with E-state index >= 15 is 0 Å². The van der Waals surface area contributed by atoms with Gasteiger partial charge in [0.25, 0.3) is 0 Å². The zero-order chi connectivity index (χ0) is 16.6. The monoisotopic (exact) mass is 321 g/mol. The van der Waals surface area contributed by atoms with Gasteiger partial charge in [0.05, 0.1) is 5.69 Å². The van der Waals surface area contributed by atoms with Gasteiger partial charge >= 0.3 is 0 Å². The molecule has 1 N–H and O–H groups in total. The van der Waals surface area contributed by atoms with E-state index in [2.05, 4.69) is 52.9 Å². The van der Waals surface area contributed by atoms with Crippen LogP contribution in [-0.4, -0.2) is 21.5 Å². The fourth-order valence-electron chi connectivity index (χ4n) is 3.47. The maximum Gasteiger partial charge on any atom is 0.136 e. The van der Waals surface area contributed by atoms with Gasteiger partial charge in [-0.2, -0.15) is 0 Å². The van der Waals surface area contributed by atoms with E-state index in [1.807, 2.05) is 30.5 Å². The van der Waals surface area contributed by atoms with E-state index < -0.39 is 0 Å². The van der Waals surface area contributed by atoms with Crippen LogP contribution in [-0.2, 0) is 6.42 Å². The first-order chi connectivity index (χ1) is 11.6. The molecule has 4 nitrogen and oxygen atoms in total. The van der Waals surface area contributed by atoms with Crippen molar-refractivity contribution < 1.29 is 4.74 Å². The molecule has 1 aromatic carbocycles. The molecule has 0 bridgehead atoms. The molecule has 2 aromatic heterocycles. The number of hydrogen-bond donors (Lipinski definition) is 1. The third-order valence-corrected chi connectivity index (χ3v) is 4.56. The van der Waals surface area contributed by atoms with Gasteiger partial charge in [-0.25, -0.2) is 4.98 Å². The normalized spacial score (nSPS) is 19.0. The molecule has 4 heteroatoms. The Morgan fingerprint density at radius 2 is 2.04 bits per heavy atom. The van der Waals surface area contributed by atoms with Crippen LogP contribution in [0.1, 0.15) is 37.6 Å². The number of imidazole rings is 1. The molecule has 0 saturated carbocycles. The van der Waals surface area contributed by atoms with E-state index in [-0.39, 0.29) is 5.60 Å². The third kappa shape index (κ3) is 3.02. The molecule has 4 rings (SSSR count). The predicted octanol–water partition coefficient (Wildman–Crippen LogP) is 3.77. The van der Waals surface area contributed by atoms with Crippen LogP contribution < -0.4 is 10.1 Å². The molecule has 124 valence electrons. The Balaban J connectivity index is 1.45. The number of pyridine rings is 1. The van der Waals surface area contributed by atoms with Gasteiger partial charge in [0, 0.05) is 43.4 Å². The van der Waals surface area contributed by atoms with E-state index in [4.69, 9.17) is 4.74 Å². The van der Waals surface area contributed by atoms with Crippen LogP contribution in [0.3, 0.4) is 0 Å². The number of ether oxygens (including phenoxy) is 1. The third-order valence-electron chi connectivity index (χ3n) is 4.56. The molecule has 1 aliphatic rings. The minimum atomic E-state index is -0.144. The lowest BCUT2D eigenvalue weighted by Gasteiger charge is -2.38. The number of hydrogen-bond acceptors (Lipinski definition) is 3. The smallest absolute Gasteiger partial charge is 0.136 e. The van der Waals surface area contributed by atoms with E-state index in [1.54, 1.807) is 0 Å². The van der Waals surface area contributed by atoms with Crippen LogP contribution in [0.25, 0.3) is 5.65 Å². The first-order valence-corrected chi connectivity index (χ1v) is 8.55. The van der Waals surface area contributed by atoms with Crippen molar-refractivity contribution in [3.8, 4) is 5.75 Å². The Morgan fingerprint density at radius 3 is 2.92 bits per heavy atom. The second-order valence-electron chi connectivity index (χ2n) is 7.06. The summed E-state index contributed by atoms with van der Waals surface area (Å²) in [6.45, 7) is 5.21. The van der Waals surface area contributed by atoms with Crippen molar-refractivity contribution in [2.24, 2.45) is 0 Å². The van der Waals surface area contributed by atoms with Crippen molar-refractivity contribution >= 4 is 5.65 Å². The van der Waals surface area contributed by atoms with Crippen molar-refractivity contribution in [2.45, 2.75) is 38.3 Å². The summed E-state index contributed by atoms with van der Waals surface area (Å²) in [4.78, 5) is 4.67. The molecule has 0 fully saturated rings. The van der Waals surface area contributed by atoms with Gasteiger partial charge in [-0.3, -0.25) is 0 Å². The number of benzene rings is 1. The predicted molar refractivity (Wildman–Crippen MR) is 95.4 cm³/mol. The number of para-hydroxylation sites is 1. The van der Waals surface area contributed by atoms with Crippen molar-refractivity contribution in [1.29, 1.82) is 0 Å². The lowest BCUT2D eigenvalue weighted by Crippen LogP contribution is -2.40. The van der Waals surface area contributed by atoms with E-state index in [1.165, 1.54) is 5.56 Å². The Hall–Kier alpha value is -2.33. The lowest BCUT2D eigenvalue weighted by molar-refractivity contribution is 0.0662. The maximum absolute atomic E-state index is 6.10. The fourth-order valence-corrected chi connectivity index (χ4v) is 3.47. The Bertz CT molecular complexity index is 820. The molecule has 24 heavy (non-hydrogen) atoms. The highest BCUT2D eigenvalue weighted by atomic mass is 16.5. The molecule has 0 saturated heterocycles. The van der Waals surface area contributed by atoms with Crippen LogP contribution in [0.15, 0.2) is 54.9 Å². The highest BCUT2D eigenvalue weighted by molar-refractivity contribution is 5.40. The summed E-state index contributed by atoms with van der Waals surface area (Å²) in [7, 11) is 0. The fraction of sp³-hybridized carbons (Fsp3) is 0.350. The number of fused-ring (bicyclic) bond motifs is 2. The summed E-state index contributed by atoms with van der Waals surface area (Å²) in [6.07, 6.45) is 6.03. The summed E-state index contributed by atoms with van der Waals surface area (Å²) in [6, 6.07) is 14.7. The molecular formula is C20H23N3O. The summed E-state index contributed by atoms with van der Waals surface area (Å²) < 4.78 is 8.17. The highest BCUT2D eigenvalue weighted by Gasteiger charge is 2.33. The second-order valence-corrected chi connectivity index (χ2v) is 7.06. The average Bonchev–Trinajstić information content (AvgIpc) is 2.96. The number of nitrogens with one attached hydrogen (secondary N) is 1. The van der Waals surface area contributed by atoms with Crippen molar-refractivity contribution in [1.82, 2.24) is 14.7 Å². The van der Waals surface area contributed by atoms with Gasteiger partial charge in [-0.15, -0.1) is 0 Å². The first kappa shape index (κ1) is 15.2. The molecular weight excluding hydrogens is 298 g/mol. The number of rotatable bonds is 4. The van der Waals surface area contributed by atoms with E-state index in [0.717, 1.165) is 36.5 Å². The number of aromatic nitrogens is 2. The average molecular weight is 321 g/mol. The zero-order valence-electron chi connectivity index (χ0n) is 14.2. The summed E-state index contributed by atoms with van der Waals surface area (Å²) in [5.74, 6) is 0.999. The summed E-state index contributed by atoms with van der Waals surface area (Å²) in [5, 5.41) is 3.70. The lowest BCUT2D eigenvalue weighted by atomic mass is 9.89. The van der Waals surface area contributed by atoms with E-state index in [9.17, 15) is 0 Å². The van der Waals surface area contributed by atoms with Crippen LogP contribution >= 0.6 is 0 Å². The van der Waals surface area contributed by atoms with Gasteiger partial charge in [0.15, 0.2) is 0 Å². The molecule has 1 atom stereocenters. The minimum absolute atomic E-state index is 0.144. The standard InChI is InChI=1S/C20H23N3O/c1-20(2)13-17(16-7-3-4-8-18(16)24-20)21-11-10-15-14-23-12-6-5-9-19(23)22-15/h3-9,12,14,17,21H,10-11,13H2,1-2H3/t17-/m1/s1. The van der Waals surface area contributed by atoms with Gasteiger partial charge in [0.2, 0.25) is 0 Å². The molecule has 0 spiro atoms. The largest absolute Gasteiger partial charge is 0.487 e. The van der Waals surface area contributed by atoms with Crippen LogP contribution in [0.4, 0.5) is 0 Å². The molecule has 3 aromatic rings. The molecule has 1 aliphatic heterocycles. The van der Waals surface area contributed by atoms with Crippen molar-refractivity contribution in [3.63, 3.8) is 0 Å². The quantitative estimate of drug-likeness (QED) is 0.795. The summed E-state index contributed by atoms with van der Waals surface area (Å²) in [5.41, 5.74) is 3.24. The van der Waals surface area contributed by atoms with Gasteiger partial charge in [-0.1, -0.05) is 24.3 Å². The molecule has 0 radical (unpaired) electrons. The number of nitrogens with zero attached hydrogens (tertiary/aromatic N) is 2. The maximum atomic E-state index is 6.10. The van der Waals surface area contributed by atoms with Crippen molar-refractivity contribution in [3.05, 3.63) is 66.1 Å². The molecule has 3 heterocycles. The molecule has 0 aliphatic carbocycles. The molecule has 0 amide bonds. The zero-order valence-corrected chi connectivity index (χ0v) is 14.2. The highest BCUT2D eigenvalue weighted by Crippen LogP contribution is 2.39. The topological polar surface area (TPSA) is 38.6 Å². The van der Waals surface area contributed by atoms with Crippen LogP contribution in [0.2, 0.25) is 0 Å². The Labute approximate surface area is 142 Å². The first-order valence-electron chi connectivity index (χ1n) is 8.55. The molecule has 0 unspecified atom stereocenters. The van der Waals surface area contributed by atoms with E-state index in [0.29, 0.717) is 6.04 Å². The van der Waals surface area contributed by atoms with Crippen molar-refractivity contribution in [2.75, 3.05) is 6.54 Å². The second kappa shape index (κ2) is 5.95. The van der Waals surface area contributed by atoms with Gasteiger partial charge in [-0.05, 0) is 32.0 Å². The van der Waals surface area contributed by atoms with Gasteiger partial charge in [0.1, 0.15) is 17.0 Å². The van der Waals surface area contributed by atoms with Gasteiger partial charge < -0.3 is 14.5 Å².